The Labute approximate surface area is 175 Å². The second-order valence-corrected chi connectivity index (χ2v) is 7.13. The zero-order valence-corrected chi connectivity index (χ0v) is 16.4. The topological polar surface area (TPSA) is 87.7 Å². The second kappa shape index (κ2) is 8.16. The molecule has 0 radical (unpaired) electrons. The quantitative estimate of drug-likeness (QED) is 0.614. The van der Waals surface area contributed by atoms with Gasteiger partial charge in [-0.3, -0.25) is 4.79 Å². The molecule has 1 saturated heterocycles. The molecule has 0 spiro atoms. The summed E-state index contributed by atoms with van der Waals surface area (Å²) in [5, 5.41) is 14.6. The molecule has 2 aromatic rings. The number of rotatable bonds is 5. The zero-order valence-electron chi connectivity index (χ0n) is 15.7. The SMILES string of the molecule is CCOc1ccc([C@H]2NC(=O)N[C@](O)(C(F)(F)F)[C@@H]2C(=O)c2ccc(Cl)cc2)cc1. The molecule has 6 nitrogen and oxygen atoms in total. The molecule has 1 aliphatic rings. The lowest BCUT2D eigenvalue weighted by molar-refractivity contribution is -0.287. The molecule has 0 aliphatic carbocycles. The van der Waals surface area contributed by atoms with E-state index in [2.05, 4.69) is 5.32 Å². The molecule has 2 aromatic carbocycles. The summed E-state index contributed by atoms with van der Waals surface area (Å²) in [6.07, 6.45) is -5.32. The predicted octanol–water partition coefficient (Wildman–Crippen LogP) is 3.84. The summed E-state index contributed by atoms with van der Waals surface area (Å²) in [5.41, 5.74) is -3.68. The van der Waals surface area contributed by atoms with Gasteiger partial charge in [-0.2, -0.15) is 13.2 Å². The third-order valence-electron chi connectivity index (χ3n) is 4.77. The van der Waals surface area contributed by atoms with Crippen LogP contribution in [0, 0.1) is 5.92 Å². The summed E-state index contributed by atoms with van der Waals surface area (Å²) in [6, 6.07) is 8.37. The van der Waals surface area contributed by atoms with Crippen molar-refractivity contribution in [2.45, 2.75) is 24.9 Å². The van der Waals surface area contributed by atoms with Gasteiger partial charge in [0.1, 0.15) is 11.7 Å². The molecule has 3 N–H and O–H groups in total. The lowest BCUT2D eigenvalue weighted by Gasteiger charge is -2.45. The van der Waals surface area contributed by atoms with E-state index in [1.807, 2.05) is 0 Å². The van der Waals surface area contributed by atoms with Crippen LogP contribution in [-0.2, 0) is 0 Å². The molecular formula is C20H18ClF3N2O4. The highest BCUT2D eigenvalue weighted by Crippen LogP contribution is 2.44. The number of hydrogen-bond acceptors (Lipinski definition) is 4. The van der Waals surface area contributed by atoms with Crippen LogP contribution in [-0.4, -0.2) is 35.4 Å². The van der Waals surface area contributed by atoms with E-state index in [-0.39, 0.29) is 16.1 Å². The van der Waals surface area contributed by atoms with Gasteiger partial charge in [-0.1, -0.05) is 23.7 Å². The molecule has 0 bridgehead atoms. The van der Waals surface area contributed by atoms with E-state index in [0.29, 0.717) is 12.4 Å². The average molecular weight is 443 g/mol. The minimum absolute atomic E-state index is 0.0963. The normalized spacial score (nSPS) is 24.0. The average Bonchev–Trinajstić information content (AvgIpc) is 2.67. The second-order valence-electron chi connectivity index (χ2n) is 6.69. The molecule has 1 heterocycles. The van der Waals surface area contributed by atoms with E-state index in [4.69, 9.17) is 16.3 Å². The van der Waals surface area contributed by atoms with Gasteiger partial charge >= 0.3 is 12.2 Å². The van der Waals surface area contributed by atoms with Gasteiger partial charge in [0.25, 0.3) is 0 Å². The summed E-state index contributed by atoms with van der Waals surface area (Å²) in [7, 11) is 0. The van der Waals surface area contributed by atoms with E-state index in [9.17, 15) is 27.9 Å². The molecular weight excluding hydrogens is 425 g/mol. The van der Waals surface area contributed by atoms with Crippen LogP contribution in [0.4, 0.5) is 18.0 Å². The zero-order chi connectivity index (χ0) is 22.1. The Morgan fingerprint density at radius 3 is 2.30 bits per heavy atom. The molecule has 10 heteroatoms. The van der Waals surface area contributed by atoms with Crippen LogP contribution in [0.2, 0.25) is 5.02 Å². The van der Waals surface area contributed by atoms with Crippen molar-refractivity contribution in [1.29, 1.82) is 0 Å². The number of nitrogens with one attached hydrogen (secondary N) is 2. The molecule has 1 fully saturated rings. The van der Waals surface area contributed by atoms with Crippen LogP contribution in [0.1, 0.15) is 28.9 Å². The van der Waals surface area contributed by atoms with Crippen LogP contribution in [0.3, 0.4) is 0 Å². The number of ketones is 1. The van der Waals surface area contributed by atoms with Crippen LogP contribution < -0.4 is 15.4 Å². The molecule has 0 saturated carbocycles. The fraction of sp³-hybridized carbons (Fsp3) is 0.300. The summed E-state index contributed by atoms with van der Waals surface area (Å²) in [4.78, 5) is 25.1. The number of carbonyl (C=O) groups excluding carboxylic acids is 2. The van der Waals surface area contributed by atoms with Crippen molar-refractivity contribution in [3.05, 3.63) is 64.7 Å². The first-order valence-electron chi connectivity index (χ1n) is 8.97. The summed E-state index contributed by atoms with van der Waals surface area (Å²) in [6.45, 7) is 2.15. The third kappa shape index (κ3) is 4.08. The fourth-order valence-electron chi connectivity index (χ4n) is 3.35. The number of benzene rings is 2. The van der Waals surface area contributed by atoms with Crippen molar-refractivity contribution >= 4 is 23.4 Å². The molecule has 1 aliphatic heterocycles. The Morgan fingerprint density at radius 2 is 1.77 bits per heavy atom. The van der Waals surface area contributed by atoms with E-state index in [1.54, 1.807) is 6.92 Å². The number of Topliss-reactive ketones (excluding diaryl/α,β-unsaturated/α-hetero) is 1. The highest BCUT2D eigenvalue weighted by molar-refractivity contribution is 6.30. The predicted molar refractivity (Wildman–Crippen MR) is 102 cm³/mol. The highest BCUT2D eigenvalue weighted by atomic mass is 35.5. The molecule has 30 heavy (non-hydrogen) atoms. The van der Waals surface area contributed by atoms with Gasteiger partial charge in [0.05, 0.1) is 12.6 Å². The maximum absolute atomic E-state index is 13.9. The van der Waals surface area contributed by atoms with Crippen LogP contribution >= 0.6 is 11.6 Å². The number of amides is 2. The number of halogens is 4. The van der Waals surface area contributed by atoms with Crippen molar-refractivity contribution in [3.8, 4) is 5.75 Å². The van der Waals surface area contributed by atoms with Crippen LogP contribution in [0.25, 0.3) is 0 Å². The smallest absolute Gasteiger partial charge is 0.437 e. The standard InChI is InChI=1S/C20H18ClF3N2O4/c1-2-30-14-9-5-11(6-10-14)16-15(17(27)12-3-7-13(21)8-4-12)19(29,20(22,23)24)26-18(28)25-16/h3-10,15-16,29H,2H2,1H3,(H2,25,26,28)/t15-,16+,19+/m0/s1. The van der Waals surface area contributed by atoms with Crippen molar-refractivity contribution in [2.24, 2.45) is 5.92 Å². The first-order chi connectivity index (χ1) is 14.1. The van der Waals surface area contributed by atoms with Gasteiger partial charge in [-0.25, -0.2) is 4.79 Å². The number of hydrogen-bond donors (Lipinski definition) is 3. The summed E-state index contributed by atoms with van der Waals surface area (Å²) in [5.74, 6) is -2.65. The van der Waals surface area contributed by atoms with Gasteiger partial charge in [0.15, 0.2) is 5.78 Å². The highest BCUT2D eigenvalue weighted by Gasteiger charge is 2.66. The molecule has 0 aromatic heterocycles. The minimum Gasteiger partial charge on any atom is -0.494 e. The Hall–Kier alpha value is -2.78. The van der Waals surface area contributed by atoms with E-state index >= 15 is 0 Å². The largest absolute Gasteiger partial charge is 0.494 e. The molecule has 2 amide bonds. The summed E-state index contributed by atoms with van der Waals surface area (Å²) >= 11 is 5.79. The monoisotopic (exact) mass is 442 g/mol. The van der Waals surface area contributed by atoms with E-state index in [0.717, 1.165) is 0 Å². The van der Waals surface area contributed by atoms with Crippen molar-refractivity contribution in [3.63, 3.8) is 0 Å². The number of carbonyl (C=O) groups is 2. The van der Waals surface area contributed by atoms with Crippen molar-refractivity contribution < 1.29 is 32.6 Å². The molecule has 0 unspecified atom stereocenters. The van der Waals surface area contributed by atoms with Gasteiger partial charge in [0.2, 0.25) is 5.72 Å². The number of urea groups is 1. The van der Waals surface area contributed by atoms with Crippen molar-refractivity contribution in [2.75, 3.05) is 6.61 Å². The maximum Gasteiger partial charge on any atom is 0.437 e. The lowest BCUT2D eigenvalue weighted by Crippen LogP contribution is -2.72. The van der Waals surface area contributed by atoms with Crippen LogP contribution in [0.5, 0.6) is 5.75 Å². The Balaban J connectivity index is 2.10. The lowest BCUT2D eigenvalue weighted by atomic mass is 9.77. The van der Waals surface area contributed by atoms with Gasteiger partial charge in [-0.15, -0.1) is 0 Å². The van der Waals surface area contributed by atoms with Crippen LogP contribution in [0.15, 0.2) is 48.5 Å². The first kappa shape index (κ1) is 21.9. The third-order valence-corrected chi connectivity index (χ3v) is 5.02. The van der Waals surface area contributed by atoms with Gasteiger partial charge in [0, 0.05) is 10.6 Å². The molecule has 160 valence electrons. The fourth-order valence-corrected chi connectivity index (χ4v) is 3.47. The number of ether oxygens (including phenoxy) is 1. The molecule has 3 atom stereocenters. The Kier molecular flexibility index (Phi) is 5.96. The van der Waals surface area contributed by atoms with E-state index in [1.165, 1.54) is 53.8 Å². The van der Waals surface area contributed by atoms with Crippen molar-refractivity contribution in [1.82, 2.24) is 10.6 Å². The summed E-state index contributed by atoms with van der Waals surface area (Å²) < 4.78 is 46.9. The number of alkyl halides is 3. The maximum atomic E-state index is 13.9. The first-order valence-corrected chi connectivity index (χ1v) is 9.35. The Morgan fingerprint density at radius 1 is 1.17 bits per heavy atom. The molecule has 3 rings (SSSR count). The Bertz CT molecular complexity index is 935. The van der Waals surface area contributed by atoms with Gasteiger partial charge < -0.3 is 20.5 Å². The van der Waals surface area contributed by atoms with E-state index < -0.39 is 35.7 Å². The van der Waals surface area contributed by atoms with Gasteiger partial charge in [-0.05, 0) is 48.9 Å². The minimum atomic E-state index is -5.32. The number of aliphatic hydroxyl groups is 1.